The first-order chi connectivity index (χ1) is 7.52. The molecule has 2 nitrogen and oxygen atoms in total. The van der Waals surface area contributed by atoms with Gasteiger partial charge in [0.05, 0.1) is 11.6 Å². The summed E-state index contributed by atoms with van der Waals surface area (Å²) in [6.07, 6.45) is -2.32. The van der Waals surface area contributed by atoms with Gasteiger partial charge in [0.25, 0.3) is 6.43 Å². The summed E-state index contributed by atoms with van der Waals surface area (Å²) in [6, 6.07) is 4.59. The second-order valence-corrected chi connectivity index (χ2v) is 3.38. The fraction of sp³-hybridized carbons (Fsp3) is 0.333. The summed E-state index contributed by atoms with van der Waals surface area (Å²) in [5, 5.41) is 8.74. The number of rotatable bonds is 3. The van der Waals surface area contributed by atoms with Gasteiger partial charge in [-0.05, 0) is 25.0 Å². The van der Waals surface area contributed by atoms with Crippen molar-refractivity contribution in [1.82, 2.24) is 0 Å². The van der Waals surface area contributed by atoms with Gasteiger partial charge in [-0.25, -0.2) is 8.78 Å². The highest BCUT2D eigenvalue weighted by atomic mass is 19.3. The van der Waals surface area contributed by atoms with Gasteiger partial charge in [-0.2, -0.15) is 5.26 Å². The van der Waals surface area contributed by atoms with Crippen molar-refractivity contribution in [2.24, 2.45) is 0 Å². The van der Waals surface area contributed by atoms with Crippen LogP contribution in [0.5, 0.6) is 0 Å². The van der Waals surface area contributed by atoms with Gasteiger partial charge in [0, 0.05) is 11.1 Å². The Hall–Kier alpha value is -1.76. The van der Waals surface area contributed by atoms with Crippen LogP contribution < -0.4 is 0 Å². The summed E-state index contributed by atoms with van der Waals surface area (Å²) in [7, 11) is 0. The lowest BCUT2D eigenvalue weighted by Gasteiger charge is -2.12. The van der Waals surface area contributed by atoms with Crippen molar-refractivity contribution in [3.8, 4) is 6.07 Å². The standard InChI is InChI=1S/C12H11F2NO/c1-3-8-4-5-9(6-15)11(12(13)14)10(8)7(2)16/h4-5,12H,3H2,1-2H3. The molecule has 0 aromatic heterocycles. The van der Waals surface area contributed by atoms with Crippen molar-refractivity contribution in [3.05, 3.63) is 34.4 Å². The van der Waals surface area contributed by atoms with E-state index in [1.807, 2.05) is 0 Å². The van der Waals surface area contributed by atoms with Crippen molar-refractivity contribution in [2.75, 3.05) is 0 Å². The highest BCUT2D eigenvalue weighted by molar-refractivity contribution is 5.97. The minimum Gasteiger partial charge on any atom is -0.294 e. The molecule has 4 heteroatoms. The SMILES string of the molecule is CCc1ccc(C#N)c(C(F)F)c1C(C)=O. The van der Waals surface area contributed by atoms with Crippen molar-refractivity contribution in [2.45, 2.75) is 26.7 Å². The number of carbonyl (C=O) groups excluding carboxylic acids is 1. The quantitative estimate of drug-likeness (QED) is 0.738. The molecule has 0 spiro atoms. The molecule has 0 aliphatic heterocycles. The third-order valence-corrected chi connectivity index (χ3v) is 2.40. The molecule has 0 N–H and O–H groups in total. The van der Waals surface area contributed by atoms with Gasteiger partial charge in [-0.3, -0.25) is 4.79 Å². The van der Waals surface area contributed by atoms with E-state index in [0.717, 1.165) is 0 Å². The lowest BCUT2D eigenvalue weighted by Crippen LogP contribution is -2.07. The van der Waals surface area contributed by atoms with E-state index >= 15 is 0 Å². The van der Waals surface area contributed by atoms with Crippen molar-refractivity contribution in [1.29, 1.82) is 5.26 Å². The monoisotopic (exact) mass is 223 g/mol. The van der Waals surface area contributed by atoms with E-state index in [1.54, 1.807) is 19.1 Å². The van der Waals surface area contributed by atoms with Crippen LogP contribution >= 0.6 is 0 Å². The van der Waals surface area contributed by atoms with Crippen molar-refractivity contribution in [3.63, 3.8) is 0 Å². The molecule has 0 amide bonds. The predicted octanol–water partition coefficient (Wildman–Crippen LogP) is 3.26. The Bertz CT molecular complexity index is 461. The van der Waals surface area contributed by atoms with E-state index in [9.17, 15) is 13.6 Å². The minimum absolute atomic E-state index is 0.00319. The van der Waals surface area contributed by atoms with Gasteiger partial charge in [0.2, 0.25) is 0 Å². The summed E-state index contributed by atoms with van der Waals surface area (Å²) in [4.78, 5) is 11.4. The fourth-order valence-corrected chi connectivity index (χ4v) is 1.70. The van der Waals surface area contributed by atoms with Crippen LogP contribution in [0.25, 0.3) is 0 Å². The minimum atomic E-state index is -2.81. The van der Waals surface area contributed by atoms with Crippen LogP contribution in [0.3, 0.4) is 0 Å². The van der Waals surface area contributed by atoms with Gasteiger partial charge in [-0.1, -0.05) is 13.0 Å². The highest BCUT2D eigenvalue weighted by Crippen LogP contribution is 2.29. The van der Waals surface area contributed by atoms with Gasteiger partial charge in [0.15, 0.2) is 5.78 Å². The molecule has 1 rings (SSSR count). The zero-order valence-electron chi connectivity index (χ0n) is 9.05. The number of alkyl halides is 2. The first kappa shape index (κ1) is 12.3. The summed E-state index contributed by atoms with van der Waals surface area (Å²) in [5.41, 5.74) is -0.00917. The average molecular weight is 223 g/mol. The third kappa shape index (κ3) is 2.08. The zero-order chi connectivity index (χ0) is 12.3. The Labute approximate surface area is 92.5 Å². The number of benzene rings is 1. The maximum absolute atomic E-state index is 12.8. The first-order valence-corrected chi connectivity index (χ1v) is 4.87. The van der Waals surface area contributed by atoms with E-state index < -0.39 is 17.8 Å². The summed E-state index contributed by atoms with van der Waals surface area (Å²) in [5.74, 6) is -0.427. The molecule has 0 saturated heterocycles. The molecule has 1 aromatic carbocycles. The number of aryl methyl sites for hydroxylation is 1. The predicted molar refractivity (Wildman–Crippen MR) is 55.5 cm³/mol. The average Bonchev–Trinajstić information content (AvgIpc) is 2.26. The van der Waals surface area contributed by atoms with Gasteiger partial charge < -0.3 is 0 Å². The number of hydrogen-bond acceptors (Lipinski definition) is 2. The smallest absolute Gasteiger partial charge is 0.265 e. The van der Waals surface area contributed by atoms with Crippen LogP contribution in [0.2, 0.25) is 0 Å². The Morgan fingerprint density at radius 1 is 1.50 bits per heavy atom. The lowest BCUT2D eigenvalue weighted by atomic mass is 9.93. The molecular formula is C12H11F2NO. The van der Waals surface area contributed by atoms with E-state index in [2.05, 4.69) is 0 Å². The maximum Gasteiger partial charge on any atom is 0.265 e. The normalized spacial score (nSPS) is 10.2. The van der Waals surface area contributed by atoms with Gasteiger partial charge >= 0.3 is 0 Å². The lowest BCUT2D eigenvalue weighted by molar-refractivity contribution is 0.0997. The number of nitriles is 1. The number of carbonyl (C=O) groups is 1. The third-order valence-electron chi connectivity index (χ3n) is 2.40. The molecule has 0 aliphatic carbocycles. The molecule has 0 saturated carbocycles. The van der Waals surface area contributed by atoms with E-state index in [1.165, 1.54) is 13.0 Å². The second-order valence-electron chi connectivity index (χ2n) is 3.38. The number of nitrogens with zero attached hydrogens (tertiary/aromatic N) is 1. The summed E-state index contributed by atoms with van der Waals surface area (Å²) < 4.78 is 25.7. The molecule has 1 aromatic rings. The molecule has 0 unspecified atom stereocenters. The van der Waals surface area contributed by atoms with Crippen LogP contribution in [-0.4, -0.2) is 5.78 Å². The molecule has 0 heterocycles. The molecule has 0 fully saturated rings. The number of ketones is 1. The Balaban J connectivity index is 3.61. The molecule has 0 aliphatic rings. The van der Waals surface area contributed by atoms with Crippen LogP contribution in [-0.2, 0) is 6.42 Å². The Kier molecular flexibility index (Phi) is 3.73. The van der Waals surface area contributed by atoms with Gasteiger partial charge in [-0.15, -0.1) is 0 Å². The fourth-order valence-electron chi connectivity index (χ4n) is 1.70. The molecule has 0 radical (unpaired) electrons. The second kappa shape index (κ2) is 4.84. The molecule has 0 atom stereocenters. The van der Waals surface area contributed by atoms with Crippen LogP contribution in [0.15, 0.2) is 12.1 Å². The summed E-state index contributed by atoms with van der Waals surface area (Å²) >= 11 is 0. The Morgan fingerprint density at radius 2 is 2.12 bits per heavy atom. The van der Waals surface area contributed by atoms with E-state index in [-0.39, 0.29) is 11.1 Å². The van der Waals surface area contributed by atoms with E-state index in [0.29, 0.717) is 12.0 Å². The van der Waals surface area contributed by atoms with Gasteiger partial charge in [0.1, 0.15) is 0 Å². The molecule has 84 valence electrons. The van der Waals surface area contributed by atoms with Crippen molar-refractivity contribution < 1.29 is 13.6 Å². The zero-order valence-corrected chi connectivity index (χ0v) is 9.05. The van der Waals surface area contributed by atoms with Crippen LogP contribution in [0.1, 0.15) is 47.3 Å². The molecule has 0 bridgehead atoms. The molecular weight excluding hydrogens is 212 g/mol. The number of halogens is 2. The number of Topliss-reactive ketones (excluding diaryl/α,β-unsaturated/α-hetero) is 1. The van der Waals surface area contributed by atoms with Crippen molar-refractivity contribution >= 4 is 5.78 Å². The first-order valence-electron chi connectivity index (χ1n) is 4.87. The largest absolute Gasteiger partial charge is 0.294 e. The molecule has 16 heavy (non-hydrogen) atoms. The van der Waals surface area contributed by atoms with Crippen LogP contribution in [0.4, 0.5) is 8.78 Å². The van der Waals surface area contributed by atoms with E-state index in [4.69, 9.17) is 5.26 Å². The number of hydrogen-bond donors (Lipinski definition) is 0. The van der Waals surface area contributed by atoms with Crippen LogP contribution in [0, 0.1) is 11.3 Å². The topological polar surface area (TPSA) is 40.9 Å². The Morgan fingerprint density at radius 3 is 2.50 bits per heavy atom. The summed E-state index contributed by atoms with van der Waals surface area (Å²) in [6.45, 7) is 3.02. The highest BCUT2D eigenvalue weighted by Gasteiger charge is 2.22. The maximum atomic E-state index is 12.8.